The molecule has 0 aliphatic carbocycles. The summed E-state index contributed by atoms with van der Waals surface area (Å²) in [5.41, 5.74) is -1.01. The Morgan fingerprint density at radius 1 is 1.23 bits per heavy atom. The minimum absolute atomic E-state index is 0. The molecule has 1 fully saturated rings. The van der Waals surface area contributed by atoms with Crippen LogP contribution in [-0.2, 0) is 15.7 Å². The SMILES string of the molecule is Cl.O=C(Nc1ccc(Cl)c(F)c1)O[C@@H](CN1CCO[C@@H](c2ccc(C(F)(F)F)nc2)C1)C(F)(F)F. The van der Waals surface area contributed by atoms with Gasteiger partial charge in [0, 0.05) is 37.1 Å². The summed E-state index contributed by atoms with van der Waals surface area (Å²) in [5, 5.41) is 1.76. The molecular formula is C20H18Cl2F7N3O3. The fraction of sp³-hybridized carbons (Fsp3) is 0.400. The maximum absolute atomic E-state index is 13.5. The van der Waals surface area contributed by atoms with Gasteiger partial charge in [0.05, 0.1) is 17.7 Å². The van der Waals surface area contributed by atoms with Gasteiger partial charge in [0.2, 0.25) is 6.10 Å². The minimum Gasteiger partial charge on any atom is -0.435 e. The average molecular weight is 552 g/mol. The van der Waals surface area contributed by atoms with Gasteiger partial charge in [0.15, 0.2) is 0 Å². The number of morpholine rings is 1. The molecule has 35 heavy (non-hydrogen) atoms. The van der Waals surface area contributed by atoms with Gasteiger partial charge in [-0.05, 0) is 24.3 Å². The molecule has 0 unspecified atom stereocenters. The van der Waals surface area contributed by atoms with Crippen molar-refractivity contribution in [2.45, 2.75) is 24.6 Å². The third kappa shape index (κ3) is 8.09. The number of hydrogen-bond acceptors (Lipinski definition) is 5. The van der Waals surface area contributed by atoms with Gasteiger partial charge in [-0.25, -0.2) is 9.18 Å². The van der Waals surface area contributed by atoms with Gasteiger partial charge in [-0.1, -0.05) is 17.7 Å². The summed E-state index contributed by atoms with van der Waals surface area (Å²) < 4.78 is 102. The number of pyridine rings is 1. The Balaban J connectivity index is 0.00000432. The maximum Gasteiger partial charge on any atom is 0.433 e. The van der Waals surface area contributed by atoms with Crippen LogP contribution >= 0.6 is 24.0 Å². The Kier molecular flexibility index (Phi) is 9.56. The van der Waals surface area contributed by atoms with E-state index < -0.39 is 48.7 Å². The minimum atomic E-state index is -4.92. The van der Waals surface area contributed by atoms with E-state index in [0.29, 0.717) is 0 Å². The third-order valence-corrected chi connectivity index (χ3v) is 5.11. The lowest BCUT2D eigenvalue weighted by atomic mass is 10.1. The van der Waals surface area contributed by atoms with Gasteiger partial charge < -0.3 is 9.47 Å². The summed E-state index contributed by atoms with van der Waals surface area (Å²) in [6.07, 6.45) is -13.4. The number of anilines is 1. The molecule has 0 saturated carbocycles. The summed E-state index contributed by atoms with van der Waals surface area (Å²) >= 11 is 5.52. The summed E-state index contributed by atoms with van der Waals surface area (Å²) in [6, 6.07) is 5.00. The largest absolute Gasteiger partial charge is 0.435 e. The molecule has 0 bridgehead atoms. The van der Waals surface area contributed by atoms with E-state index in [0.717, 1.165) is 30.5 Å². The first-order chi connectivity index (χ1) is 15.8. The Hall–Kier alpha value is -2.35. The lowest BCUT2D eigenvalue weighted by molar-refractivity contribution is -0.209. The van der Waals surface area contributed by atoms with Gasteiger partial charge in [-0.3, -0.25) is 15.2 Å². The number of nitrogens with one attached hydrogen (secondary N) is 1. The molecule has 0 radical (unpaired) electrons. The Morgan fingerprint density at radius 3 is 2.51 bits per heavy atom. The van der Waals surface area contributed by atoms with E-state index in [-0.39, 0.29) is 48.4 Å². The van der Waals surface area contributed by atoms with Crippen molar-refractivity contribution in [1.82, 2.24) is 9.88 Å². The number of halogens is 9. The van der Waals surface area contributed by atoms with Crippen LogP contribution in [0.15, 0.2) is 36.5 Å². The van der Waals surface area contributed by atoms with Crippen LogP contribution in [0.25, 0.3) is 0 Å². The van der Waals surface area contributed by atoms with Gasteiger partial charge in [-0.2, -0.15) is 26.3 Å². The van der Waals surface area contributed by atoms with Crippen molar-refractivity contribution in [2.75, 3.05) is 31.6 Å². The van der Waals surface area contributed by atoms with E-state index in [1.807, 2.05) is 5.32 Å². The van der Waals surface area contributed by atoms with Crippen LogP contribution in [0.2, 0.25) is 5.02 Å². The number of benzene rings is 1. The summed E-state index contributed by atoms with van der Waals surface area (Å²) in [6.45, 7) is -0.802. The van der Waals surface area contributed by atoms with E-state index in [1.54, 1.807) is 0 Å². The molecule has 1 saturated heterocycles. The topological polar surface area (TPSA) is 63.7 Å². The average Bonchev–Trinajstić information content (AvgIpc) is 2.75. The zero-order valence-corrected chi connectivity index (χ0v) is 19.1. The number of amides is 1. The van der Waals surface area contributed by atoms with Crippen molar-refractivity contribution >= 4 is 35.8 Å². The van der Waals surface area contributed by atoms with Crippen LogP contribution in [0.3, 0.4) is 0 Å². The molecule has 2 aromatic rings. The maximum atomic E-state index is 13.5. The molecule has 0 spiro atoms. The van der Waals surface area contributed by atoms with Crippen molar-refractivity contribution in [3.05, 3.63) is 58.6 Å². The highest BCUT2D eigenvalue weighted by Gasteiger charge is 2.44. The zero-order chi connectivity index (χ0) is 25.1. The second-order valence-electron chi connectivity index (χ2n) is 7.28. The highest BCUT2D eigenvalue weighted by Crippen LogP contribution is 2.30. The highest BCUT2D eigenvalue weighted by molar-refractivity contribution is 6.30. The normalized spacial score (nSPS) is 17.9. The number of carbonyl (C=O) groups excluding carboxylic acids is 1. The molecule has 1 aromatic heterocycles. The van der Waals surface area contributed by atoms with E-state index in [1.165, 1.54) is 11.0 Å². The number of hydrogen-bond donors (Lipinski definition) is 1. The molecular weight excluding hydrogens is 534 g/mol. The first-order valence-electron chi connectivity index (χ1n) is 9.69. The first-order valence-corrected chi connectivity index (χ1v) is 10.1. The van der Waals surface area contributed by atoms with Crippen LogP contribution in [0.4, 0.5) is 41.2 Å². The predicted octanol–water partition coefficient (Wildman–Crippen LogP) is 5.87. The molecule has 1 aromatic carbocycles. The number of carbonyl (C=O) groups is 1. The van der Waals surface area contributed by atoms with Crippen LogP contribution in [0.1, 0.15) is 17.4 Å². The van der Waals surface area contributed by atoms with E-state index >= 15 is 0 Å². The lowest BCUT2D eigenvalue weighted by Gasteiger charge is -2.35. The smallest absolute Gasteiger partial charge is 0.433 e. The van der Waals surface area contributed by atoms with Gasteiger partial charge in [0.25, 0.3) is 0 Å². The van der Waals surface area contributed by atoms with Crippen LogP contribution in [-0.4, -0.2) is 54.5 Å². The standard InChI is InChI=1S/C20H17ClF7N3O3.ClH/c21-13-3-2-12(7-14(13)22)30-18(32)34-17(20(26,27)28)10-31-5-6-33-15(9-31)11-1-4-16(29-8-11)19(23,24)25;/h1-4,7-8,15,17H,5-6,9-10H2,(H,30,32);1H/t15-,17+;/m1./s1. The molecule has 1 aliphatic rings. The van der Waals surface area contributed by atoms with Gasteiger partial charge in [-0.15, -0.1) is 12.4 Å². The molecule has 3 rings (SSSR count). The molecule has 2 atom stereocenters. The summed E-state index contributed by atoms with van der Waals surface area (Å²) in [7, 11) is 0. The fourth-order valence-corrected chi connectivity index (χ4v) is 3.24. The highest BCUT2D eigenvalue weighted by atomic mass is 35.5. The Bertz CT molecular complexity index is 1010. The monoisotopic (exact) mass is 551 g/mol. The molecule has 1 aliphatic heterocycles. The quantitative estimate of drug-likeness (QED) is 0.471. The van der Waals surface area contributed by atoms with Crippen molar-refractivity contribution in [1.29, 1.82) is 0 Å². The zero-order valence-electron chi connectivity index (χ0n) is 17.5. The Morgan fingerprint density at radius 2 is 1.94 bits per heavy atom. The molecule has 194 valence electrons. The van der Waals surface area contributed by atoms with Gasteiger partial charge in [0.1, 0.15) is 11.5 Å². The van der Waals surface area contributed by atoms with E-state index in [2.05, 4.69) is 9.72 Å². The molecule has 15 heteroatoms. The van der Waals surface area contributed by atoms with Crippen molar-refractivity contribution < 1.29 is 45.0 Å². The van der Waals surface area contributed by atoms with E-state index in [9.17, 15) is 35.5 Å². The Labute approximate surface area is 205 Å². The lowest BCUT2D eigenvalue weighted by Crippen LogP contribution is -2.48. The van der Waals surface area contributed by atoms with Crippen molar-refractivity contribution in [2.24, 2.45) is 0 Å². The molecule has 2 heterocycles. The number of rotatable bonds is 5. The first kappa shape index (κ1) is 28.9. The second kappa shape index (κ2) is 11.6. The number of nitrogens with zero attached hydrogens (tertiary/aromatic N) is 2. The fourth-order valence-electron chi connectivity index (χ4n) is 3.13. The van der Waals surface area contributed by atoms with E-state index in [4.69, 9.17) is 16.3 Å². The number of aromatic nitrogens is 1. The number of ether oxygens (including phenoxy) is 2. The van der Waals surface area contributed by atoms with Gasteiger partial charge >= 0.3 is 18.4 Å². The van der Waals surface area contributed by atoms with Crippen LogP contribution in [0.5, 0.6) is 0 Å². The second-order valence-corrected chi connectivity index (χ2v) is 7.69. The van der Waals surface area contributed by atoms with Crippen LogP contribution < -0.4 is 5.32 Å². The summed E-state index contributed by atoms with van der Waals surface area (Å²) in [4.78, 5) is 16.6. The number of alkyl halides is 6. The van der Waals surface area contributed by atoms with Crippen molar-refractivity contribution in [3.63, 3.8) is 0 Å². The third-order valence-electron chi connectivity index (χ3n) is 4.80. The molecule has 1 N–H and O–H groups in total. The molecule has 1 amide bonds. The predicted molar refractivity (Wildman–Crippen MR) is 113 cm³/mol. The summed E-state index contributed by atoms with van der Waals surface area (Å²) in [5.74, 6) is -0.885. The van der Waals surface area contributed by atoms with Crippen molar-refractivity contribution in [3.8, 4) is 0 Å². The van der Waals surface area contributed by atoms with Crippen LogP contribution in [0, 0.1) is 5.82 Å². The molecule has 6 nitrogen and oxygen atoms in total.